The lowest BCUT2D eigenvalue weighted by Gasteiger charge is -2.10. The van der Waals surface area contributed by atoms with Crippen LogP contribution >= 0.6 is 0 Å². The predicted molar refractivity (Wildman–Crippen MR) is 68.1 cm³/mol. The molecule has 3 aromatic rings. The highest BCUT2D eigenvalue weighted by atomic mass is 16.3. The summed E-state index contributed by atoms with van der Waals surface area (Å²) in [4.78, 5) is 12.0. The number of rotatable bonds is 1. The Labute approximate surface area is 102 Å². The van der Waals surface area contributed by atoms with Gasteiger partial charge < -0.3 is 5.11 Å². The summed E-state index contributed by atoms with van der Waals surface area (Å²) in [7, 11) is 0. The predicted octanol–water partition coefficient (Wildman–Crippen LogP) is 1.73. The molecule has 0 radical (unpaired) electrons. The molecule has 90 valence electrons. The van der Waals surface area contributed by atoms with E-state index in [9.17, 15) is 9.90 Å². The molecular formula is C13H11N3O2. The molecule has 0 fully saturated rings. The van der Waals surface area contributed by atoms with Crippen molar-refractivity contribution in [3.63, 3.8) is 0 Å². The number of hydrogen-bond acceptors (Lipinski definition) is 3. The topological polar surface area (TPSA) is 70.9 Å². The molecule has 5 nitrogen and oxygen atoms in total. The summed E-state index contributed by atoms with van der Waals surface area (Å²) in [5.74, 6) is -0.0227. The number of H-pyrrole nitrogens is 1. The summed E-state index contributed by atoms with van der Waals surface area (Å²) in [6, 6.07) is 8.37. The van der Waals surface area contributed by atoms with Crippen LogP contribution in [0.5, 0.6) is 5.75 Å². The molecule has 0 bridgehead atoms. The Morgan fingerprint density at radius 3 is 2.94 bits per heavy atom. The molecule has 5 heteroatoms. The van der Waals surface area contributed by atoms with E-state index in [1.165, 1.54) is 6.07 Å². The summed E-state index contributed by atoms with van der Waals surface area (Å²) in [6.45, 7) is 1.77. The third-order valence-electron chi connectivity index (χ3n) is 2.90. The van der Waals surface area contributed by atoms with Crippen LogP contribution in [0.3, 0.4) is 0 Å². The third kappa shape index (κ3) is 1.48. The molecule has 0 saturated heterocycles. The van der Waals surface area contributed by atoms with Gasteiger partial charge in [0.2, 0.25) is 0 Å². The van der Waals surface area contributed by atoms with Gasteiger partial charge in [0.25, 0.3) is 5.56 Å². The minimum atomic E-state index is -0.269. The van der Waals surface area contributed by atoms with Gasteiger partial charge in [-0.05, 0) is 19.1 Å². The molecular weight excluding hydrogens is 230 g/mol. The van der Waals surface area contributed by atoms with E-state index in [1.807, 2.05) is 18.2 Å². The van der Waals surface area contributed by atoms with Crippen LogP contribution in [-0.2, 0) is 0 Å². The third-order valence-corrected chi connectivity index (χ3v) is 2.90. The number of nitrogens with one attached hydrogen (secondary N) is 1. The maximum absolute atomic E-state index is 12.0. The Kier molecular flexibility index (Phi) is 2.19. The SMILES string of the molecule is Cc1cc(O)cc(=O)n1-c1cccc2cn[nH]c12. The van der Waals surface area contributed by atoms with Crippen molar-refractivity contribution in [2.24, 2.45) is 0 Å². The molecule has 0 unspecified atom stereocenters. The van der Waals surface area contributed by atoms with Crippen LogP contribution < -0.4 is 5.56 Å². The van der Waals surface area contributed by atoms with Crippen molar-refractivity contribution in [3.05, 3.63) is 52.6 Å². The Balaban J connectivity index is 2.40. The van der Waals surface area contributed by atoms with Gasteiger partial charge in [-0.2, -0.15) is 5.10 Å². The molecule has 2 aromatic heterocycles. The Morgan fingerprint density at radius 1 is 1.33 bits per heavy atom. The van der Waals surface area contributed by atoms with Crippen molar-refractivity contribution in [2.45, 2.75) is 6.92 Å². The van der Waals surface area contributed by atoms with Crippen molar-refractivity contribution in [2.75, 3.05) is 0 Å². The molecule has 0 aliphatic heterocycles. The molecule has 0 atom stereocenters. The van der Waals surface area contributed by atoms with Gasteiger partial charge in [0.05, 0.1) is 17.4 Å². The molecule has 2 N–H and O–H groups in total. The second-order valence-corrected chi connectivity index (χ2v) is 4.14. The number of fused-ring (bicyclic) bond motifs is 1. The number of benzene rings is 1. The molecule has 0 amide bonds. The lowest BCUT2D eigenvalue weighted by Crippen LogP contribution is -2.19. The van der Waals surface area contributed by atoms with Crippen LogP contribution in [-0.4, -0.2) is 19.9 Å². The van der Waals surface area contributed by atoms with Gasteiger partial charge in [0, 0.05) is 17.1 Å². The summed E-state index contributed by atoms with van der Waals surface area (Å²) in [6.07, 6.45) is 1.71. The van der Waals surface area contributed by atoms with Crippen LogP contribution in [0.25, 0.3) is 16.6 Å². The average Bonchev–Trinajstić information content (AvgIpc) is 2.76. The zero-order chi connectivity index (χ0) is 12.7. The number of para-hydroxylation sites is 1. The highest BCUT2D eigenvalue weighted by Gasteiger charge is 2.09. The number of nitrogens with zero attached hydrogens (tertiary/aromatic N) is 2. The van der Waals surface area contributed by atoms with Gasteiger partial charge in [-0.1, -0.05) is 12.1 Å². The smallest absolute Gasteiger partial charge is 0.259 e. The number of pyridine rings is 1. The second kappa shape index (κ2) is 3.73. The van der Waals surface area contributed by atoms with E-state index in [4.69, 9.17) is 0 Å². The summed E-state index contributed by atoms with van der Waals surface area (Å²) in [5, 5.41) is 17.2. The van der Waals surface area contributed by atoms with E-state index in [-0.39, 0.29) is 11.3 Å². The lowest BCUT2D eigenvalue weighted by molar-refractivity contribution is 0.472. The van der Waals surface area contributed by atoms with Crippen LogP contribution in [0.4, 0.5) is 0 Å². The normalized spacial score (nSPS) is 10.9. The summed E-state index contributed by atoms with van der Waals surface area (Å²) >= 11 is 0. The zero-order valence-electron chi connectivity index (χ0n) is 9.71. The fraction of sp³-hybridized carbons (Fsp3) is 0.0769. The van der Waals surface area contributed by atoms with Crippen LogP contribution in [0, 0.1) is 6.92 Å². The number of aromatic hydroxyl groups is 1. The van der Waals surface area contributed by atoms with Gasteiger partial charge in [-0.25, -0.2) is 0 Å². The van der Waals surface area contributed by atoms with Crippen LogP contribution in [0.1, 0.15) is 5.69 Å². The van der Waals surface area contributed by atoms with E-state index >= 15 is 0 Å². The number of aromatic amines is 1. The maximum Gasteiger partial charge on any atom is 0.259 e. The first-order valence-electron chi connectivity index (χ1n) is 5.52. The quantitative estimate of drug-likeness (QED) is 0.681. The molecule has 0 saturated carbocycles. The monoisotopic (exact) mass is 241 g/mol. The highest BCUT2D eigenvalue weighted by molar-refractivity contribution is 5.86. The average molecular weight is 241 g/mol. The van der Waals surface area contributed by atoms with Gasteiger partial charge in [0.15, 0.2) is 0 Å². The second-order valence-electron chi connectivity index (χ2n) is 4.14. The first-order chi connectivity index (χ1) is 8.66. The molecule has 0 spiro atoms. The summed E-state index contributed by atoms with van der Waals surface area (Å²) < 4.78 is 1.54. The largest absolute Gasteiger partial charge is 0.508 e. The van der Waals surface area contributed by atoms with Gasteiger partial charge >= 0.3 is 0 Å². The fourth-order valence-electron chi connectivity index (χ4n) is 2.13. The highest BCUT2D eigenvalue weighted by Crippen LogP contribution is 2.20. The van der Waals surface area contributed by atoms with Crippen LogP contribution in [0.2, 0.25) is 0 Å². The minimum Gasteiger partial charge on any atom is -0.508 e. The van der Waals surface area contributed by atoms with E-state index < -0.39 is 0 Å². The van der Waals surface area contributed by atoms with Crippen molar-refractivity contribution in [1.29, 1.82) is 0 Å². The van der Waals surface area contributed by atoms with E-state index in [0.717, 1.165) is 16.6 Å². The molecule has 18 heavy (non-hydrogen) atoms. The number of aromatic nitrogens is 3. The summed E-state index contributed by atoms with van der Waals surface area (Å²) in [5.41, 5.74) is 1.93. The molecule has 1 aromatic carbocycles. The first kappa shape index (κ1) is 10.6. The lowest BCUT2D eigenvalue weighted by atomic mass is 10.2. The van der Waals surface area contributed by atoms with Crippen molar-refractivity contribution >= 4 is 10.9 Å². The molecule has 3 rings (SSSR count). The fourth-order valence-corrected chi connectivity index (χ4v) is 2.13. The Morgan fingerprint density at radius 2 is 2.17 bits per heavy atom. The molecule has 2 heterocycles. The first-order valence-corrected chi connectivity index (χ1v) is 5.52. The van der Waals surface area contributed by atoms with E-state index in [1.54, 1.807) is 23.8 Å². The van der Waals surface area contributed by atoms with Crippen molar-refractivity contribution < 1.29 is 5.11 Å². The standard InChI is InChI=1S/C13H11N3O2/c1-8-5-10(17)6-12(18)16(8)11-4-2-3-9-7-14-15-13(9)11/h2-7,17H,1H3,(H,14,15). The van der Waals surface area contributed by atoms with Gasteiger partial charge in [-0.15, -0.1) is 0 Å². The van der Waals surface area contributed by atoms with Gasteiger partial charge in [-0.3, -0.25) is 14.5 Å². The molecule has 0 aliphatic rings. The Bertz CT molecular complexity index is 786. The Hall–Kier alpha value is -2.56. The zero-order valence-corrected chi connectivity index (χ0v) is 9.71. The maximum atomic E-state index is 12.0. The van der Waals surface area contributed by atoms with Gasteiger partial charge in [0.1, 0.15) is 5.75 Å². The van der Waals surface area contributed by atoms with Crippen molar-refractivity contribution in [3.8, 4) is 11.4 Å². The van der Waals surface area contributed by atoms with E-state index in [2.05, 4.69) is 10.2 Å². The number of aryl methyl sites for hydroxylation is 1. The van der Waals surface area contributed by atoms with Crippen LogP contribution in [0.15, 0.2) is 41.3 Å². The minimum absolute atomic E-state index is 0.0227. The number of hydrogen-bond donors (Lipinski definition) is 2. The molecule has 0 aliphatic carbocycles. The van der Waals surface area contributed by atoms with Crippen molar-refractivity contribution in [1.82, 2.24) is 14.8 Å². The van der Waals surface area contributed by atoms with E-state index in [0.29, 0.717) is 5.69 Å².